The van der Waals surface area contributed by atoms with Gasteiger partial charge in [-0.15, -0.1) is 0 Å². The van der Waals surface area contributed by atoms with E-state index in [0.717, 1.165) is 6.42 Å². The largest absolute Gasteiger partial charge is 0.394 e. The molecule has 2 nitrogen and oxygen atoms in total. The highest BCUT2D eigenvalue weighted by molar-refractivity contribution is 8.00. The van der Waals surface area contributed by atoms with Crippen LogP contribution in [0.1, 0.15) is 60.3 Å². The predicted molar refractivity (Wildman–Crippen MR) is 82.3 cm³/mol. The Morgan fingerprint density at radius 1 is 1.39 bits per heavy atom. The van der Waals surface area contributed by atoms with Crippen molar-refractivity contribution in [3.63, 3.8) is 0 Å². The minimum atomic E-state index is -0.00733. The number of hydrogen-bond donors (Lipinski definition) is 2. The van der Waals surface area contributed by atoms with E-state index in [4.69, 9.17) is 0 Å². The molecule has 2 unspecified atom stereocenters. The molecule has 0 radical (unpaired) electrons. The quantitative estimate of drug-likeness (QED) is 0.777. The fourth-order valence-electron chi connectivity index (χ4n) is 3.09. The summed E-state index contributed by atoms with van der Waals surface area (Å²) in [5.41, 5.74) is -0.00733. The molecule has 0 aromatic carbocycles. The Balaban J connectivity index is 2.52. The second-order valence-electron chi connectivity index (χ2n) is 6.95. The fourth-order valence-corrected chi connectivity index (χ4v) is 4.11. The summed E-state index contributed by atoms with van der Waals surface area (Å²) < 4.78 is 0.353. The van der Waals surface area contributed by atoms with Crippen molar-refractivity contribution in [3.8, 4) is 0 Å². The van der Waals surface area contributed by atoms with Gasteiger partial charge in [0.15, 0.2) is 0 Å². The summed E-state index contributed by atoms with van der Waals surface area (Å²) in [6.07, 6.45) is 4.88. The van der Waals surface area contributed by atoms with Gasteiger partial charge in [0.25, 0.3) is 0 Å². The topological polar surface area (TPSA) is 32.3 Å². The fraction of sp³-hybridized carbons (Fsp3) is 1.00. The van der Waals surface area contributed by atoms with Crippen LogP contribution in [-0.4, -0.2) is 33.8 Å². The first-order chi connectivity index (χ1) is 8.29. The summed E-state index contributed by atoms with van der Waals surface area (Å²) in [6, 6.07) is 0.452. The molecule has 0 amide bonds. The predicted octanol–water partition coefficient (Wildman–Crippen LogP) is 3.44. The van der Waals surface area contributed by atoms with Gasteiger partial charge >= 0.3 is 0 Å². The molecular formula is C15H31NOS. The van der Waals surface area contributed by atoms with E-state index in [1.807, 2.05) is 11.8 Å². The van der Waals surface area contributed by atoms with Gasteiger partial charge in [-0.3, -0.25) is 0 Å². The monoisotopic (exact) mass is 273 g/mol. The van der Waals surface area contributed by atoms with Gasteiger partial charge in [0, 0.05) is 16.3 Å². The summed E-state index contributed by atoms with van der Waals surface area (Å²) in [5.74, 6) is 1.84. The first kappa shape index (κ1) is 16.3. The highest BCUT2D eigenvalue weighted by Gasteiger charge is 2.42. The average Bonchev–Trinajstić information content (AvgIpc) is 2.59. The molecular weight excluding hydrogens is 242 g/mol. The molecule has 2 N–H and O–H groups in total. The van der Waals surface area contributed by atoms with Crippen molar-refractivity contribution >= 4 is 11.8 Å². The van der Waals surface area contributed by atoms with Crippen LogP contribution in [0.25, 0.3) is 0 Å². The van der Waals surface area contributed by atoms with Crippen LogP contribution < -0.4 is 5.32 Å². The van der Waals surface area contributed by atoms with Crippen LogP contribution in [0.4, 0.5) is 0 Å². The van der Waals surface area contributed by atoms with Crippen molar-refractivity contribution in [1.82, 2.24) is 5.32 Å². The molecule has 0 saturated heterocycles. The van der Waals surface area contributed by atoms with Crippen LogP contribution >= 0.6 is 11.8 Å². The maximum Gasteiger partial charge on any atom is 0.0616 e. The molecule has 1 aliphatic rings. The van der Waals surface area contributed by atoms with Gasteiger partial charge in [0.2, 0.25) is 0 Å². The Kier molecular flexibility index (Phi) is 6.01. The maximum absolute atomic E-state index is 9.83. The van der Waals surface area contributed by atoms with E-state index < -0.39 is 0 Å². The van der Waals surface area contributed by atoms with E-state index in [2.05, 4.69) is 39.9 Å². The molecule has 18 heavy (non-hydrogen) atoms. The Hall–Kier alpha value is 0.270. The summed E-state index contributed by atoms with van der Waals surface area (Å²) in [4.78, 5) is 0. The molecule has 108 valence electrons. The van der Waals surface area contributed by atoms with Crippen LogP contribution in [-0.2, 0) is 0 Å². The zero-order valence-corrected chi connectivity index (χ0v) is 13.6. The molecule has 2 atom stereocenters. The number of rotatable bonds is 6. The van der Waals surface area contributed by atoms with Gasteiger partial charge in [0.05, 0.1) is 6.61 Å². The normalized spacial score (nSPS) is 29.2. The van der Waals surface area contributed by atoms with E-state index in [0.29, 0.717) is 16.7 Å². The van der Waals surface area contributed by atoms with E-state index in [-0.39, 0.29) is 12.1 Å². The molecule has 1 saturated carbocycles. The SMILES string of the molecule is CC(C)NC1(CO)CCCC1CCSC(C)(C)C. The lowest BCUT2D eigenvalue weighted by atomic mass is 9.85. The Morgan fingerprint density at radius 3 is 2.56 bits per heavy atom. The molecule has 0 spiro atoms. The summed E-state index contributed by atoms with van der Waals surface area (Å²) in [6.45, 7) is 11.5. The summed E-state index contributed by atoms with van der Waals surface area (Å²) in [5, 5.41) is 13.5. The minimum absolute atomic E-state index is 0.00733. The van der Waals surface area contributed by atoms with E-state index in [1.165, 1.54) is 25.0 Å². The van der Waals surface area contributed by atoms with Gasteiger partial charge in [-0.05, 0) is 30.9 Å². The van der Waals surface area contributed by atoms with Crippen molar-refractivity contribution in [2.75, 3.05) is 12.4 Å². The maximum atomic E-state index is 9.83. The van der Waals surface area contributed by atoms with Crippen molar-refractivity contribution in [2.45, 2.75) is 76.6 Å². The molecule has 0 heterocycles. The van der Waals surface area contributed by atoms with Crippen LogP contribution in [0.3, 0.4) is 0 Å². The van der Waals surface area contributed by atoms with E-state index in [9.17, 15) is 5.11 Å². The average molecular weight is 273 g/mol. The standard InChI is InChI=1S/C15H31NOS/c1-12(2)16-15(11-17)9-6-7-13(15)8-10-18-14(3,4)5/h12-13,16-17H,6-11H2,1-5H3. The van der Waals surface area contributed by atoms with Gasteiger partial charge < -0.3 is 10.4 Å². The van der Waals surface area contributed by atoms with Gasteiger partial charge in [-0.25, -0.2) is 0 Å². The van der Waals surface area contributed by atoms with Crippen molar-refractivity contribution in [1.29, 1.82) is 0 Å². The molecule has 1 fully saturated rings. The van der Waals surface area contributed by atoms with Crippen molar-refractivity contribution in [3.05, 3.63) is 0 Å². The number of aliphatic hydroxyl groups is 1. The van der Waals surface area contributed by atoms with Gasteiger partial charge in [-0.1, -0.05) is 41.0 Å². The van der Waals surface area contributed by atoms with Crippen LogP contribution in [0, 0.1) is 5.92 Å². The Labute approximate surface area is 117 Å². The van der Waals surface area contributed by atoms with Crippen LogP contribution in [0.5, 0.6) is 0 Å². The lowest BCUT2D eigenvalue weighted by molar-refractivity contribution is 0.113. The zero-order chi connectivity index (χ0) is 13.8. The van der Waals surface area contributed by atoms with Gasteiger partial charge in [-0.2, -0.15) is 11.8 Å². The van der Waals surface area contributed by atoms with Crippen molar-refractivity contribution in [2.24, 2.45) is 5.92 Å². The lowest BCUT2D eigenvalue weighted by Crippen LogP contribution is -2.54. The molecule has 3 heteroatoms. The molecule has 1 aliphatic carbocycles. The minimum Gasteiger partial charge on any atom is -0.394 e. The summed E-state index contributed by atoms with van der Waals surface area (Å²) in [7, 11) is 0. The smallest absolute Gasteiger partial charge is 0.0616 e. The third-order valence-electron chi connectivity index (χ3n) is 3.82. The second kappa shape index (κ2) is 6.62. The number of thioether (sulfide) groups is 1. The van der Waals surface area contributed by atoms with Crippen molar-refractivity contribution < 1.29 is 5.11 Å². The lowest BCUT2D eigenvalue weighted by Gasteiger charge is -2.37. The molecule has 0 bridgehead atoms. The zero-order valence-electron chi connectivity index (χ0n) is 12.8. The van der Waals surface area contributed by atoms with Gasteiger partial charge in [0.1, 0.15) is 0 Å². The Bertz CT molecular complexity index is 249. The number of aliphatic hydroxyl groups excluding tert-OH is 1. The third-order valence-corrected chi connectivity index (χ3v) is 5.12. The Morgan fingerprint density at radius 2 is 2.06 bits per heavy atom. The molecule has 0 aromatic heterocycles. The van der Waals surface area contributed by atoms with Crippen LogP contribution in [0.2, 0.25) is 0 Å². The van der Waals surface area contributed by atoms with Crippen LogP contribution in [0.15, 0.2) is 0 Å². The second-order valence-corrected chi connectivity index (χ2v) is 8.87. The number of hydrogen-bond acceptors (Lipinski definition) is 3. The van der Waals surface area contributed by atoms with E-state index >= 15 is 0 Å². The first-order valence-electron chi connectivity index (χ1n) is 7.31. The highest BCUT2D eigenvalue weighted by Crippen LogP contribution is 2.39. The summed E-state index contributed by atoms with van der Waals surface area (Å²) >= 11 is 2.04. The first-order valence-corrected chi connectivity index (χ1v) is 8.30. The molecule has 0 aliphatic heterocycles. The third kappa shape index (κ3) is 4.75. The highest BCUT2D eigenvalue weighted by atomic mass is 32.2. The van der Waals surface area contributed by atoms with E-state index in [1.54, 1.807) is 0 Å². The number of nitrogens with one attached hydrogen (secondary N) is 1. The molecule has 1 rings (SSSR count). The molecule has 0 aromatic rings.